The van der Waals surface area contributed by atoms with Gasteiger partial charge in [0.25, 0.3) is 0 Å². The Morgan fingerprint density at radius 1 is 0.927 bits per heavy atom. The van der Waals surface area contributed by atoms with Gasteiger partial charge in [-0.3, -0.25) is 14.3 Å². The van der Waals surface area contributed by atoms with Crippen molar-refractivity contribution in [1.29, 1.82) is 0 Å². The predicted molar refractivity (Wildman–Crippen MR) is 191 cm³/mol. The van der Waals surface area contributed by atoms with Crippen LogP contribution >= 0.6 is 7.82 Å². The quantitative estimate of drug-likeness (QED) is 0.0804. The molecule has 0 radical (unpaired) electrons. The van der Waals surface area contributed by atoms with Crippen LogP contribution in [0.5, 0.6) is 5.75 Å². The molecule has 2 saturated heterocycles. The topological polar surface area (TPSA) is 192 Å². The first-order chi connectivity index (χ1) is 25.4. The Hall–Kier alpha value is -3.73. The van der Waals surface area contributed by atoms with Gasteiger partial charge in [-0.05, 0) is 46.5 Å². The summed E-state index contributed by atoms with van der Waals surface area (Å²) < 4.78 is 17.5. The standard InChI is InChI=1S/C37H39N8O7P.2Na/c1-41-24-34(46)44-32(18-25-13-15-31(16-14-25)52-53(49,50)51)36(47)42(23-33(44)45(41)37(48)39-19-26-7-3-2-4-8-26)22-29-11-6-10-28-20-40-43(35(28)29)21-27-9-5-12-30(38)17-27;;/h2-17,20,32-33H,18-19,21-24,38H2,1H3,(H,39,48)(H2,49,50,51);;/q;2*+1/p-2/t32-,33-;;/m0../s1. The summed E-state index contributed by atoms with van der Waals surface area (Å²) in [5.74, 6) is -0.827. The summed E-state index contributed by atoms with van der Waals surface area (Å²) in [6.45, 7) is 0.743. The van der Waals surface area contributed by atoms with E-state index in [4.69, 9.17) is 5.73 Å². The molecular weight excluding hydrogens is 745 g/mol. The first-order valence-corrected chi connectivity index (χ1v) is 18.4. The maximum Gasteiger partial charge on any atom is 1.00 e. The molecule has 0 aliphatic carbocycles. The maximum absolute atomic E-state index is 14.6. The number of nitrogens with one attached hydrogen (secondary N) is 1. The minimum atomic E-state index is -5.28. The van der Waals surface area contributed by atoms with Crippen molar-refractivity contribution in [1.82, 2.24) is 34.9 Å². The first-order valence-electron chi connectivity index (χ1n) is 16.9. The number of phosphoric ester groups is 1. The van der Waals surface area contributed by atoms with E-state index in [-0.39, 0.29) is 109 Å². The number of likely N-dealkylation sites (N-methyl/N-ethyl adjacent to an activating group) is 1. The molecule has 5 aromatic rings. The molecule has 2 fully saturated rings. The molecule has 3 N–H and O–H groups in total. The number of fused-ring (bicyclic) bond motifs is 2. The number of rotatable bonds is 10. The molecule has 4 amide bonds. The Labute approximate surface area is 362 Å². The molecule has 0 spiro atoms. The van der Waals surface area contributed by atoms with E-state index in [1.165, 1.54) is 34.2 Å². The number of para-hydroxylation sites is 1. The van der Waals surface area contributed by atoms with E-state index in [1.54, 1.807) is 23.2 Å². The Balaban J connectivity index is 0.00000290. The van der Waals surface area contributed by atoms with E-state index in [0.717, 1.165) is 27.6 Å². The summed E-state index contributed by atoms with van der Waals surface area (Å²) in [5, 5.41) is 11.5. The molecule has 274 valence electrons. The van der Waals surface area contributed by atoms with Gasteiger partial charge in [-0.1, -0.05) is 72.8 Å². The van der Waals surface area contributed by atoms with Crippen LogP contribution in [0.4, 0.5) is 10.5 Å². The zero-order chi connectivity index (χ0) is 37.3. The molecule has 2 atom stereocenters. The van der Waals surface area contributed by atoms with Crippen LogP contribution in [0.3, 0.4) is 0 Å². The van der Waals surface area contributed by atoms with Crippen molar-refractivity contribution < 1.29 is 92.4 Å². The number of hydrogen-bond donors (Lipinski definition) is 2. The Morgan fingerprint density at radius 2 is 1.64 bits per heavy atom. The van der Waals surface area contributed by atoms with Crippen molar-refractivity contribution >= 4 is 42.3 Å². The molecule has 0 unspecified atom stereocenters. The SMILES string of the molecule is CN1CC(=O)N2[C@@H](Cc3ccc(OP(=O)([O-])[O-])cc3)C(=O)N(Cc3cccc4cnn(Cc5cccc(N)c5)c34)C[C@@H]2N1C(=O)NCc1ccccc1.[Na+].[Na+]. The van der Waals surface area contributed by atoms with Gasteiger partial charge in [-0.15, -0.1) is 0 Å². The van der Waals surface area contributed by atoms with Crippen LogP contribution in [0.15, 0.2) is 103 Å². The minimum Gasteiger partial charge on any atom is -0.780 e. The van der Waals surface area contributed by atoms with Crippen LogP contribution in [0.2, 0.25) is 0 Å². The Kier molecular flexibility index (Phi) is 13.9. The third-order valence-electron chi connectivity index (χ3n) is 9.39. The number of nitrogens with zero attached hydrogens (tertiary/aromatic N) is 6. The van der Waals surface area contributed by atoms with Gasteiger partial charge in [0, 0.05) is 37.6 Å². The van der Waals surface area contributed by atoms with E-state index in [1.807, 2.05) is 77.5 Å². The fraction of sp³-hybridized carbons (Fsp3) is 0.243. The first kappa shape index (κ1) is 42.4. The van der Waals surface area contributed by atoms with Gasteiger partial charge in [0.05, 0.1) is 31.3 Å². The fourth-order valence-corrected chi connectivity index (χ4v) is 7.46. The number of nitrogens with two attached hydrogens (primary N) is 1. The van der Waals surface area contributed by atoms with E-state index >= 15 is 0 Å². The van der Waals surface area contributed by atoms with Crippen LogP contribution in [-0.4, -0.2) is 79.8 Å². The average molecular weight is 783 g/mol. The van der Waals surface area contributed by atoms with Crippen LogP contribution < -0.4 is 84.5 Å². The molecule has 0 bridgehead atoms. The predicted octanol–water partition coefficient (Wildman–Crippen LogP) is -3.94. The van der Waals surface area contributed by atoms with Crippen molar-refractivity contribution in [3.63, 3.8) is 0 Å². The number of aromatic nitrogens is 2. The monoisotopic (exact) mass is 782 g/mol. The summed E-state index contributed by atoms with van der Waals surface area (Å²) in [4.78, 5) is 67.7. The van der Waals surface area contributed by atoms with Crippen LogP contribution in [0, 0.1) is 0 Å². The number of anilines is 1. The van der Waals surface area contributed by atoms with E-state index in [9.17, 15) is 28.7 Å². The van der Waals surface area contributed by atoms with Gasteiger partial charge in [-0.2, -0.15) is 5.10 Å². The van der Waals surface area contributed by atoms with Crippen molar-refractivity contribution in [3.8, 4) is 5.75 Å². The van der Waals surface area contributed by atoms with Gasteiger partial charge in [-0.25, -0.2) is 14.8 Å². The van der Waals surface area contributed by atoms with Crippen molar-refractivity contribution in [3.05, 3.63) is 126 Å². The second-order valence-electron chi connectivity index (χ2n) is 13.1. The molecule has 7 rings (SSSR count). The van der Waals surface area contributed by atoms with Crippen molar-refractivity contribution in [2.45, 2.75) is 38.3 Å². The van der Waals surface area contributed by atoms with Gasteiger partial charge in [0.15, 0.2) is 0 Å². The number of urea groups is 1. The van der Waals surface area contributed by atoms with Gasteiger partial charge in [0.2, 0.25) is 11.8 Å². The van der Waals surface area contributed by atoms with Crippen LogP contribution in [0.1, 0.15) is 22.3 Å². The zero-order valence-electron chi connectivity index (χ0n) is 30.8. The number of hydrogen-bond acceptors (Lipinski definition) is 10. The summed E-state index contributed by atoms with van der Waals surface area (Å²) in [5.41, 5.74) is 10.8. The molecular formula is C37H37N8Na2O7P. The summed E-state index contributed by atoms with van der Waals surface area (Å²) in [7, 11) is -3.62. The van der Waals surface area contributed by atoms with Crippen molar-refractivity contribution in [2.24, 2.45) is 0 Å². The smallest absolute Gasteiger partial charge is 0.780 e. The molecule has 2 aliphatic heterocycles. The number of piperazine rings is 1. The van der Waals surface area contributed by atoms with Gasteiger partial charge >= 0.3 is 65.1 Å². The number of carbonyl (C=O) groups excluding carboxylic acids is 3. The molecule has 2 aliphatic rings. The largest absolute Gasteiger partial charge is 1.00 e. The maximum atomic E-state index is 14.6. The molecule has 55 heavy (non-hydrogen) atoms. The fourth-order valence-electron chi connectivity index (χ4n) is 7.08. The van der Waals surface area contributed by atoms with Gasteiger partial charge < -0.3 is 39.7 Å². The summed E-state index contributed by atoms with van der Waals surface area (Å²) >= 11 is 0. The molecule has 4 aromatic carbocycles. The third kappa shape index (κ3) is 9.81. The second kappa shape index (κ2) is 18.0. The number of carbonyl (C=O) groups is 3. The number of phosphoric acid groups is 1. The summed E-state index contributed by atoms with van der Waals surface area (Å²) in [6.07, 6.45) is 0.962. The normalized spacial score (nSPS) is 17.3. The number of benzene rings is 4. The van der Waals surface area contributed by atoms with Crippen molar-refractivity contribution in [2.75, 3.05) is 25.9 Å². The zero-order valence-corrected chi connectivity index (χ0v) is 35.7. The molecule has 3 heterocycles. The van der Waals surface area contributed by atoms with E-state index in [2.05, 4.69) is 14.9 Å². The number of amides is 4. The second-order valence-corrected chi connectivity index (χ2v) is 14.2. The third-order valence-corrected chi connectivity index (χ3v) is 9.83. The number of nitrogen functional groups attached to an aromatic ring is 1. The summed E-state index contributed by atoms with van der Waals surface area (Å²) in [6, 6.07) is 27.0. The molecule has 15 nitrogen and oxygen atoms in total. The Bertz CT molecular complexity index is 2210. The van der Waals surface area contributed by atoms with Crippen LogP contribution in [-0.2, 0) is 40.2 Å². The van der Waals surface area contributed by atoms with E-state index in [0.29, 0.717) is 17.8 Å². The molecule has 0 saturated carbocycles. The van der Waals surface area contributed by atoms with E-state index < -0.39 is 26.1 Å². The van der Waals surface area contributed by atoms with Gasteiger partial charge in [0.1, 0.15) is 25.8 Å². The minimum absolute atomic E-state index is 0. The van der Waals surface area contributed by atoms with Crippen LogP contribution in [0.25, 0.3) is 10.9 Å². The average Bonchev–Trinajstić information content (AvgIpc) is 3.53. The number of hydrazine groups is 1. The Morgan fingerprint density at radius 3 is 2.35 bits per heavy atom. The molecule has 18 heteroatoms. The molecule has 1 aromatic heterocycles.